The molecule has 1 N–H and O–H groups in total. The average Bonchev–Trinajstić information content (AvgIpc) is 2.43. The van der Waals surface area contributed by atoms with Crippen molar-refractivity contribution in [2.75, 3.05) is 26.3 Å². The Labute approximate surface area is 58.2 Å². The fraction of sp³-hybridized carbons (Fsp3) is 1.00. The molecule has 0 aromatic carbocycles. The highest BCUT2D eigenvalue weighted by Crippen LogP contribution is 1.88. The van der Waals surface area contributed by atoms with Crippen molar-refractivity contribution in [3.63, 3.8) is 0 Å². The van der Waals surface area contributed by atoms with Gasteiger partial charge in [0, 0.05) is 19.8 Å². The number of nitrogens with zero attached hydrogens (tertiary/aromatic N) is 1. The minimum absolute atomic E-state index is 1.09. The number of nitrogens with one attached hydrogen (secondary N) is 1. The number of rotatable bonds is 1. The van der Waals surface area contributed by atoms with Gasteiger partial charge in [-0.2, -0.15) is 0 Å². The highest BCUT2D eigenvalue weighted by molar-refractivity contribution is 4.62. The van der Waals surface area contributed by atoms with Crippen molar-refractivity contribution in [2.45, 2.75) is 20.8 Å². The second-order valence-electron chi connectivity index (χ2n) is 1.87. The summed E-state index contributed by atoms with van der Waals surface area (Å²) in [4.78, 5) is 2.38. The third kappa shape index (κ3) is 3.49. The van der Waals surface area contributed by atoms with Crippen molar-refractivity contribution >= 4 is 0 Å². The van der Waals surface area contributed by atoms with Gasteiger partial charge in [-0.05, 0) is 6.54 Å². The van der Waals surface area contributed by atoms with E-state index in [9.17, 15) is 0 Å². The zero-order chi connectivity index (χ0) is 7.11. The quantitative estimate of drug-likeness (QED) is 0.567. The second-order valence-corrected chi connectivity index (χ2v) is 1.87. The van der Waals surface area contributed by atoms with Gasteiger partial charge >= 0.3 is 0 Å². The van der Waals surface area contributed by atoms with Gasteiger partial charge in [-0.15, -0.1) is 0 Å². The summed E-state index contributed by atoms with van der Waals surface area (Å²) >= 11 is 0. The minimum atomic E-state index is 1.09. The van der Waals surface area contributed by atoms with E-state index in [4.69, 9.17) is 0 Å². The molecule has 0 unspecified atom stereocenters. The third-order valence-corrected chi connectivity index (χ3v) is 1.39. The smallest absolute Gasteiger partial charge is 0.0481 e. The lowest BCUT2D eigenvalue weighted by atomic mass is 10.6. The molecule has 2 nitrogen and oxygen atoms in total. The van der Waals surface area contributed by atoms with Crippen LogP contribution in [0.4, 0.5) is 0 Å². The monoisotopic (exact) mass is 130 g/mol. The maximum atomic E-state index is 3.25. The molecule has 1 aliphatic heterocycles. The van der Waals surface area contributed by atoms with Crippen LogP contribution in [-0.2, 0) is 0 Å². The summed E-state index contributed by atoms with van der Waals surface area (Å²) in [7, 11) is 0. The number of likely N-dealkylation sites (N-methyl/N-ethyl adjacent to an activating group) is 1. The Kier molecular flexibility index (Phi) is 5.99. The highest BCUT2D eigenvalue weighted by atomic mass is 15.3. The van der Waals surface area contributed by atoms with Gasteiger partial charge in [0.25, 0.3) is 0 Å². The Balaban J connectivity index is 0.000000291. The summed E-state index contributed by atoms with van der Waals surface area (Å²) in [6.45, 7) is 10.9. The minimum Gasteiger partial charge on any atom is -0.303 e. The van der Waals surface area contributed by atoms with Crippen molar-refractivity contribution in [1.82, 2.24) is 10.2 Å². The second kappa shape index (κ2) is 6.05. The van der Waals surface area contributed by atoms with Crippen LogP contribution in [0.1, 0.15) is 20.8 Å². The van der Waals surface area contributed by atoms with Gasteiger partial charge in [-0.3, -0.25) is 4.90 Å². The first-order chi connectivity index (χ1) is 4.43. The van der Waals surface area contributed by atoms with Crippen LogP contribution >= 0.6 is 0 Å². The summed E-state index contributed by atoms with van der Waals surface area (Å²) in [6.07, 6.45) is 0. The van der Waals surface area contributed by atoms with Gasteiger partial charge in [0.15, 0.2) is 0 Å². The molecule has 9 heavy (non-hydrogen) atoms. The number of hydrogen-bond donors (Lipinski definition) is 1. The molecule has 0 saturated carbocycles. The largest absolute Gasteiger partial charge is 0.303 e. The molecule has 0 radical (unpaired) electrons. The molecule has 1 fully saturated rings. The molecule has 0 amide bonds. The first kappa shape index (κ1) is 8.92. The first-order valence-corrected chi connectivity index (χ1v) is 3.86. The maximum absolute atomic E-state index is 3.25. The van der Waals surface area contributed by atoms with Gasteiger partial charge < -0.3 is 5.32 Å². The first-order valence-electron chi connectivity index (χ1n) is 3.86. The maximum Gasteiger partial charge on any atom is 0.0481 e. The summed E-state index contributed by atoms with van der Waals surface area (Å²) in [6, 6.07) is 0. The van der Waals surface area contributed by atoms with Crippen molar-refractivity contribution in [1.29, 1.82) is 0 Å². The fourth-order valence-electron chi connectivity index (χ4n) is 0.823. The number of hydrogen-bond acceptors (Lipinski definition) is 2. The molecule has 0 aromatic rings. The van der Waals surface area contributed by atoms with E-state index in [1.807, 2.05) is 13.8 Å². The van der Waals surface area contributed by atoms with Crippen LogP contribution in [0.15, 0.2) is 0 Å². The van der Waals surface area contributed by atoms with Crippen LogP contribution in [-0.4, -0.2) is 31.2 Å². The Bertz CT molecular complexity index is 48.9. The van der Waals surface area contributed by atoms with Crippen molar-refractivity contribution < 1.29 is 0 Å². The topological polar surface area (TPSA) is 15.3 Å². The highest BCUT2D eigenvalue weighted by Gasteiger charge is 2.05. The van der Waals surface area contributed by atoms with Gasteiger partial charge in [0.2, 0.25) is 0 Å². The summed E-state index contributed by atoms with van der Waals surface area (Å²) in [5.41, 5.74) is 0. The molecule has 1 aliphatic rings. The van der Waals surface area contributed by atoms with Crippen LogP contribution in [0, 0.1) is 0 Å². The zero-order valence-electron chi connectivity index (χ0n) is 6.78. The van der Waals surface area contributed by atoms with Gasteiger partial charge in [0.1, 0.15) is 0 Å². The molecule has 0 aromatic heterocycles. The standard InChI is InChI=1S/C5H12N2.C2H6/c1-2-7-4-3-6-5-7;1-2/h6H,2-5H2,1H3;1-2H3. The van der Waals surface area contributed by atoms with Gasteiger partial charge in [0.05, 0.1) is 0 Å². The van der Waals surface area contributed by atoms with E-state index in [2.05, 4.69) is 17.1 Å². The Morgan fingerprint density at radius 2 is 2.11 bits per heavy atom. The lowest BCUT2D eigenvalue weighted by Gasteiger charge is -2.07. The van der Waals surface area contributed by atoms with Crippen LogP contribution in [0.2, 0.25) is 0 Å². The van der Waals surface area contributed by atoms with Crippen LogP contribution < -0.4 is 5.32 Å². The van der Waals surface area contributed by atoms with Crippen LogP contribution in [0.25, 0.3) is 0 Å². The van der Waals surface area contributed by atoms with Crippen molar-refractivity contribution in [3.05, 3.63) is 0 Å². The molecule has 0 aliphatic carbocycles. The normalized spacial score (nSPS) is 19.0. The predicted molar refractivity (Wildman–Crippen MR) is 41.5 cm³/mol. The Hall–Kier alpha value is -0.0800. The summed E-state index contributed by atoms with van der Waals surface area (Å²) in [5, 5.41) is 3.25. The molecular weight excluding hydrogens is 112 g/mol. The predicted octanol–water partition coefficient (Wildman–Crippen LogP) is 0.895. The van der Waals surface area contributed by atoms with E-state index in [-0.39, 0.29) is 0 Å². The van der Waals surface area contributed by atoms with E-state index in [1.165, 1.54) is 19.6 Å². The van der Waals surface area contributed by atoms with E-state index >= 15 is 0 Å². The molecule has 2 heteroatoms. The molecule has 56 valence electrons. The van der Waals surface area contributed by atoms with Gasteiger partial charge in [-0.1, -0.05) is 20.8 Å². The van der Waals surface area contributed by atoms with Crippen molar-refractivity contribution in [3.8, 4) is 0 Å². The molecule has 0 spiro atoms. The van der Waals surface area contributed by atoms with E-state index in [1.54, 1.807) is 0 Å². The Morgan fingerprint density at radius 3 is 2.33 bits per heavy atom. The lowest BCUT2D eigenvalue weighted by molar-refractivity contribution is 0.354. The van der Waals surface area contributed by atoms with E-state index in [0.717, 1.165) is 6.67 Å². The zero-order valence-corrected chi connectivity index (χ0v) is 6.78. The molecule has 0 bridgehead atoms. The SMILES string of the molecule is CC.CCN1CCNC1. The van der Waals surface area contributed by atoms with Crippen molar-refractivity contribution in [2.24, 2.45) is 0 Å². The molecule has 1 rings (SSSR count). The molecule has 0 atom stereocenters. The molecule has 1 saturated heterocycles. The molecular formula is C7H18N2. The Morgan fingerprint density at radius 1 is 1.44 bits per heavy atom. The van der Waals surface area contributed by atoms with E-state index in [0.29, 0.717) is 0 Å². The average molecular weight is 130 g/mol. The van der Waals surface area contributed by atoms with Gasteiger partial charge in [-0.25, -0.2) is 0 Å². The lowest BCUT2D eigenvalue weighted by Crippen LogP contribution is -2.20. The van der Waals surface area contributed by atoms with Crippen LogP contribution in [0.5, 0.6) is 0 Å². The van der Waals surface area contributed by atoms with Crippen LogP contribution in [0.3, 0.4) is 0 Å². The molecule has 1 heterocycles. The third-order valence-electron chi connectivity index (χ3n) is 1.39. The fourth-order valence-corrected chi connectivity index (χ4v) is 0.823. The van der Waals surface area contributed by atoms with E-state index < -0.39 is 0 Å². The summed E-state index contributed by atoms with van der Waals surface area (Å²) < 4.78 is 0. The summed E-state index contributed by atoms with van der Waals surface area (Å²) in [5.74, 6) is 0.